The average molecular weight is 502 g/mol. The molecule has 0 radical (unpaired) electrons. The van der Waals surface area contributed by atoms with Gasteiger partial charge in [-0.2, -0.15) is 5.10 Å². The molecule has 0 unspecified atom stereocenters. The number of carbonyl (C=O) groups excluding carboxylic acids is 1. The number of rotatable bonds is 9. The second-order valence-electron chi connectivity index (χ2n) is 7.93. The van der Waals surface area contributed by atoms with E-state index < -0.39 is 0 Å². The molecule has 0 aliphatic carbocycles. The summed E-state index contributed by atoms with van der Waals surface area (Å²) in [4.78, 5) is 12.6. The molecule has 1 amide bonds. The smallest absolute Gasteiger partial charge is 0.250 e. The van der Waals surface area contributed by atoms with Crippen LogP contribution in [0.3, 0.4) is 0 Å². The van der Waals surface area contributed by atoms with Crippen molar-refractivity contribution in [3.63, 3.8) is 0 Å². The number of carbonyl (C=O) groups is 1. The summed E-state index contributed by atoms with van der Waals surface area (Å²) in [6, 6.07) is 23.4. The normalized spacial score (nSPS) is 11.3. The molecule has 1 heterocycles. The van der Waals surface area contributed by atoms with E-state index in [1.807, 2.05) is 85.1 Å². The zero-order chi connectivity index (χ0) is 25.5. The van der Waals surface area contributed by atoms with Crippen molar-refractivity contribution in [3.05, 3.63) is 83.9 Å². The van der Waals surface area contributed by atoms with Gasteiger partial charge in [-0.1, -0.05) is 59.8 Å². The number of nitrogens with one attached hydrogen (secondary N) is 1. The first-order valence-electron chi connectivity index (χ1n) is 11.3. The molecular formula is C27H27N5O3S. The third-order valence-corrected chi connectivity index (χ3v) is 6.37. The highest BCUT2D eigenvalue weighted by Gasteiger charge is 2.17. The molecule has 36 heavy (non-hydrogen) atoms. The number of benzene rings is 3. The number of ether oxygens (including phenoxy) is 2. The molecule has 0 bridgehead atoms. The summed E-state index contributed by atoms with van der Waals surface area (Å²) in [5.74, 6) is 1.81. The molecule has 9 heteroatoms. The van der Waals surface area contributed by atoms with Crippen molar-refractivity contribution in [2.75, 3.05) is 20.0 Å². The lowest BCUT2D eigenvalue weighted by Crippen LogP contribution is -2.21. The van der Waals surface area contributed by atoms with Crippen LogP contribution in [0.5, 0.6) is 11.5 Å². The second-order valence-corrected chi connectivity index (χ2v) is 8.88. The summed E-state index contributed by atoms with van der Waals surface area (Å²) >= 11 is 1.30. The lowest BCUT2D eigenvalue weighted by atomic mass is 10.1. The fraction of sp³-hybridized carbons (Fsp3) is 0.185. The van der Waals surface area contributed by atoms with Crippen molar-refractivity contribution in [1.82, 2.24) is 20.2 Å². The maximum absolute atomic E-state index is 12.6. The number of nitrogens with zero attached hydrogens (tertiary/aromatic N) is 4. The topological polar surface area (TPSA) is 90.6 Å². The van der Waals surface area contributed by atoms with Gasteiger partial charge in [-0.15, -0.1) is 10.2 Å². The van der Waals surface area contributed by atoms with E-state index in [9.17, 15) is 4.79 Å². The van der Waals surface area contributed by atoms with Gasteiger partial charge >= 0.3 is 0 Å². The minimum absolute atomic E-state index is 0.126. The predicted molar refractivity (Wildman–Crippen MR) is 142 cm³/mol. The van der Waals surface area contributed by atoms with Crippen LogP contribution in [-0.2, 0) is 4.79 Å². The molecule has 8 nitrogen and oxygen atoms in total. The molecule has 4 rings (SSSR count). The number of hydrazone groups is 1. The van der Waals surface area contributed by atoms with Crippen molar-refractivity contribution < 1.29 is 14.3 Å². The number of methoxy groups -OCH3 is 2. The highest BCUT2D eigenvalue weighted by Crippen LogP contribution is 2.29. The lowest BCUT2D eigenvalue weighted by Gasteiger charge is -2.11. The van der Waals surface area contributed by atoms with Gasteiger partial charge in [0.1, 0.15) is 0 Å². The van der Waals surface area contributed by atoms with Gasteiger partial charge in [0.25, 0.3) is 5.91 Å². The summed E-state index contributed by atoms with van der Waals surface area (Å²) in [7, 11) is 3.16. The van der Waals surface area contributed by atoms with Gasteiger partial charge in [-0.25, -0.2) is 5.43 Å². The summed E-state index contributed by atoms with van der Waals surface area (Å²) in [5.41, 5.74) is 7.10. The highest BCUT2D eigenvalue weighted by molar-refractivity contribution is 7.99. The van der Waals surface area contributed by atoms with Gasteiger partial charge in [-0.3, -0.25) is 9.36 Å². The number of hydrogen-bond acceptors (Lipinski definition) is 7. The number of aromatic nitrogens is 3. The maximum atomic E-state index is 12.6. The number of aryl methyl sites for hydroxylation is 1. The van der Waals surface area contributed by atoms with Gasteiger partial charge in [0.15, 0.2) is 22.5 Å². The van der Waals surface area contributed by atoms with Crippen LogP contribution >= 0.6 is 11.8 Å². The molecule has 184 valence electrons. The third-order valence-electron chi connectivity index (χ3n) is 5.44. The Balaban J connectivity index is 1.49. The number of hydrogen-bond donors (Lipinski definition) is 1. The van der Waals surface area contributed by atoms with Gasteiger partial charge in [0, 0.05) is 16.8 Å². The van der Waals surface area contributed by atoms with Gasteiger partial charge in [-0.05, 0) is 44.2 Å². The van der Waals surface area contributed by atoms with Gasteiger partial charge in [0.05, 0.1) is 25.7 Å². The molecule has 0 saturated carbocycles. The first-order chi connectivity index (χ1) is 17.5. The van der Waals surface area contributed by atoms with Crippen LogP contribution in [0.1, 0.15) is 18.1 Å². The Bertz CT molecular complexity index is 1370. The largest absolute Gasteiger partial charge is 0.493 e. The van der Waals surface area contributed by atoms with Crippen LogP contribution < -0.4 is 14.9 Å². The zero-order valence-corrected chi connectivity index (χ0v) is 21.4. The van der Waals surface area contributed by atoms with Crippen molar-refractivity contribution in [2.45, 2.75) is 19.0 Å². The van der Waals surface area contributed by atoms with E-state index in [0.29, 0.717) is 28.2 Å². The first-order valence-corrected chi connectivity index (χ1v) is 12.2. The van der Waals surface area contributed by atoms with E-state index in [2.05, 4.69) is 20.7 Å². The van der Waals surface area contributed by atoms with Crippen LogP contribution in [-0.4, -0.2) is 46.4 Å². The van der Waals surface area contributed by atoms with Crippen LogP contribution in [0.15, 0.2) is 83.1 Å². The Morgan fingerprint density at radius 3 is 2.39 bits per heavy atom. The van der Waals surface area contributed by atoms with Gasteiger partial charge < -0.3 is 9.47 Å². The molecule has 3 aromatic carbocycles. The molecule has 1 N–H and O–H groups in total. The van der Waals surface area contributed by atoms with Crippen LogP contribution in [0.4, 0.5) is 0 Å². The van der Waals surface area contributed by atoms with Crippen molar-refractivity contribution >= 4 is 23.4 Å². The highest BCUT2D eigenvalue weighted by atomic mass is 32.2. The minimum Gasteiger partial charge on any atom is -0.493 e. The first kappa shape index (κ1) is 25.0. The van der Waals surface area contributed by atoms with E-state index in [1.165, 1.54) is 11.8 Å². The van der Waals surface area contributed by atoms with Crippen LogP contribution in [0, 0.1) is 6.92 Å². The summed E-state index contributed by atoms with van der Waals surface area (Å²) in [6.45, 7) is 3.85. The molecule has 0 spiro atoms. The summed E-state index contributed by atoms with van der Waals surface area (Å²) < 4.78 is 12.6. The number of thioether (sulfide) groups is 1. The standard InChI is InChI=1S/C27H27N5O3S/c1-18-10-13-22(14-11-18)32-26(20-8-6-5-7-9-20)30-31-27(32)36-17-25(33)29-28-19(2)21-12-15-23(34-3)24(16-21)35-4/h5-16H,17H2,1-4H3,(H,29,33)/b28-19-. The molecule has 0 atom stereocenters. The Kier molecular flexibility index (Phi) is 8.02. The maximum Gasteiger partial charge on any atom is 0.250 e. The average Bonchev–Trinajstić information content (AvgIpc) is 3.35. The van der Waals surface area contributed by atoms with Crippen molar-refractivity contribution in [1.29, 1.82) is 0 Å². The molecule has 0 saturated heterocycles. The quantitative estimate of drug-likeness (QED) is 0.199. The van der Waals surface area contributed by atoms with E-state index >= 15 is 0 Å². The second kappa shape index (κ2) is 11.5. The minimum atomic E-state index is -0.250. The molecule has 0 aliphatic rings. The fourth-order valence-corrected chi connectivity index (χ4v) is 4.24. The van der Waals surface area contributed by atoms with Crippen LogP contribution in [0.2, 0.25) is 0 Å². The zero-order valence-electron chi connectivity index (χ0n) is 20.6. The monoisotopic (exact) mass is 501 g/mol. The van der Waals surface area contributed by atoms with E-state index in [0.717, 1.165) is 22.4 Å². The Morgan fingerprint density at radius 2 is 1.69 bits per heavy atom. The molecule has 1 aromatic heterocycles. The summed E-state index contributed by atoms with van der Waals surface area (Å²) in [5, 5.41) is 13.7. The lowest BCUT2D eigenvalue weighted by molar-refractivity contribution is -0.118. The Morgan fingerprint density at radius 1 is 0.972 bits per heavy atom. The third kappa shape index (κ3) is 5.75. The van der Waals surface area contributed by atoms with E-state index in [4.69, 9.17) is 9.47 Å². The molecule has 0 aliphatic heterocycles. The SMILES string of the molecule is COc1ccc(/C(C)=N\NC(=O)CSc2nnc(-c3ccccc3)n2-c2ccc(C)cc2)cc1OC. The van der Waals surface area contributed by atoms with Crippen molar-refractivity contribution in [3.8, 4) is 28.6 Å². The Labute approximate surface area is 214 Å². The number of amides is 1. The Hall–Kier alpha value is -4.11. The fourth-order valence-electron chi connectivity index (χ4n) is 3.50. The molecular weight excluding hydrogens is 474 g/mol. The van der Waals surface area contributed by atoms with Crippen molar-refractivity contribution in [2.24, 2.45) is 5.10 Å². The van der Waals surface area contributed by atoms with E-state index in [-0.39, 0.29) is 11.7 Å². The molecule has 4 aromatic rings. The van der Waals surface area contributed by atoms with E-state index in [1.54, 1.807) is 20.3 Å². The predicted octanol–water partition coefficient (Wildman–Crippen LogP) is 4.89. The summed E-state index contributed by atoms with van der Waals surface area (Å²) in [6.07, 6.45) is 0. The molecule has 0 fully saturated rings. The van der Waals surface area contributed by atoms with Crippen LogP contribution in [0.25, 0.3) is 17.1 Å². The van der Waals surface area contributed by atoms with Gasteiger partial charge in [0.2, 0.25) is 0 Å².